The van der Waals surface area contributed by atoms with Crippen molar-refractivity contribution in [2.75, 3.05) is 20.2 Å². The highest BCUT2D eigenvalue weighted by atomic mass is 16.5. The zero-order chi connectivity index (χ0) is 8.55. The Kier molecular flexibility index (Phi) is 2.35. The van der Waals surface area contributed by atoms with Crippen LogP contribution in [0.4, 0.5) is 0 Å². The topological polar surface area (TPSA) is 38.5 Å². The van der Waals surface area contributed by atoms with Crippen LogP contribution in [0.1, 0.15) is 19.3 Å². The predicted octanol–water partition coefficient (Wildman–Crippen LogP) is 0.197. The first kappa shape index (κ1) is 8.48. The van der Waals surface area contributed by atoms with Gasteiger partial charge in [-0.3, -0.25) is 4.90 Å². The lowest BCUT2D eigenvalue weighted by Crippen LogP contribution is -2.50. The molecule has 2 aliphatic rings. The molecule has 0 unspecified atom stereocenters. The minimum Gasteiger partial charge on any atom is -0.380 e. The van der Waals surface area contributed by atoms with Crippen LogP contribution in [0.25, 0.3) is 0 Å². The van der Waals surface area contributed by atoms with E-state index in [0.717, 1.165) is 12.6 Å². The molecule has 1 aliphatic carbocycles. The molecule has 0 aromatic rings. The Morgan fingerprint density at radius 1 is 1.42 bits per heavy atom. The molecule has 1 saturated carbocycles. The zero-order valence-corrected chi connectivity index (χ0v) is 7.70. The van der Waals surface area contributed by atoms with Gasteiger partial charge in [-0.15, -0.1) is 0 Å². The Balaban J connectivity index is 1.76. The van der Waals surface area contributed by atoms with E-state index in [9.17, 15) is 0 Å². The second-order valence-electron chi connectivity index (χ2n) is 4.03. The van der Waals surface area contributed by atoms with Crippen molar-refractivity contribution in [1.82, 2.24) is 4.90 Å². The lowest BCUT2D eigenvalue weighted by Gasteiger charge is -2.39. The highest BCUT2D eigenvalue weighted by molar-refractivity contribution is 4.92. The summed E-state index contributed by atoms with van der Waals surface area (Å²) in [5, 5.41) is 0. The third-order valence-electron chi connectivity index (χ3n) is 3.18. The molecule has 1 aliphatic heterocycles. The summed E-state index contributed by atoms with van der Waals surface area (Å²) < 4.78 is 5.31. The van der Waals surface area contributed by atoms with Gasteiger partial charge in [-0.25, -0.2) is 0 Å². The van der Waals surface area contributed by atoms with Crippen LogP contribution in [0, 0.1) is 0 Å². The summed E-state index contributed by atoms with van der Waals surface area (Å²) in [6, 6.07) is 1.23. The Hall–Kier alpha value is -0.120. The molecule has 12 heavy (non-hydrogen) atoms. The van der Waals surface area contributed by atoms with Crippen molar-refractivity contribution in [2.45, 2.75) is 37.5 Å². The van der Waals surface area contributed by atoms with Gasteiger partial charge in [0.2, 0.25) is 0 Å². The van der Waals surface area contributed by atoms with Gasteiger partial charge in [0, 0.05) is 32.3 Å². The van der Waals surface area contributed by atoms with E-state index in [-0.39, 0.29) is 0 Å². The van der Waals surface area contributed by atoms with Crippen molar-refractivity contribution in [2.24, 2.45) is 5.73 Å². The zero-order valence-electron chi connectivity index (χ0n) is 7.70. The molecule has 2 fully saturated rings. The van der Waals surface area contributed by atoms with E-state index < -0.39 is 0 Å². The number of hydrogen-bond acceptors (Lipinski definition) is 3. The van der Waals surface area contributed by atoms with Crippen molar-refractivity contribution in [3.8, 4) is 0 Å². The summed E-state index contributed by atoms with van der Waals surface area (Å²) >= 11 is 0. The van der Waals surface area contributed by atoms with Gasteiger partial charge in [0.25, 0.3) is 0 Å². The van der Waals surface area contributed by atoms with Gasteiger partial charge in [-0.05, 0) is 19.3 Å². The molecule has 1 saturated heterocycles. The second-order valence-corrected chi connectivity index (χ2v) is 4.03. The number of ether oxygens (including phenoxy) is 1. The lowest BCUT2D eigenvalue weighted by atomic mass is 9.86. The lowest BCUT2D eigenvalue weighted by molar-refractivity contribution is 0.0823. The standard InChI is InChI=1S/C9H18N2O/c1-12-9-2-3-11(6-9)8-4-7(10)5-8/h7-9H,2-6,10H2,1H3/t7?,8?,9-/m0/s1. The Morgan fingerprint density at radius 2 is 2.17 bits per heavy atom. The number of nitrogens with zero attached hydrogens (tertiary/aromatic N) is 1. The maximum Gasteiger partial charge on any atom is 0.0710 e. The molecule has 3 nitrogen and oxygen atoms in total. The molecule has 0 amide bonds. The third-order valence-corrected chi connectivity index (χ3v) is 3.18. The van der Waals surface area contributed by atoms with Crippen LogP contribution in [-0.4, -0.2) is 43.3 Å². The first-order chi connectivity index (χ1) is 5.79. The molecule has 0 radical (unpaired) electrons. The fraction of sp³-hybridized carbons (Fsp3) is 1.00. The van der Waals surface area contributed by atoms with Crippen molar-refractivity contribution >= 4 is 0 Å². The van der Waals surface area contributed by atoms with E-state index in [4.69, 9.17) is 10.5 Å². The number of methoxy groups -OCH3 is 1. The van der Waals surface area contributed by atoms with E-state index in [2.05, 4.69) is 4.90 Å². The van der Waals surface area contributed by atoms with Crippen LogP contribution in [0.5, 0.6) is 0 Å². The van der Waals surface area contributed by atoms with Gasteiger partial charge in [0.15, 0.2) is 0 Å². The van der Waals surface area contributed by atoms with E-state index in [1.54, 1.807) is 7.11 Å². The molecule has 2 rings (SSSR count). The quantitative estimate of drug-likeness (QED) is 0.643. The van der Waals surface area contributed by atoms with Crippen molar-refractivity contribution in [3.05, 3.63) is 0 Å². The maximum atomic E-state index is 5.75. The molecule has 1 atom stereocenters. The van der Waals surface area contributed by atoms with Crippen LogP contribution in [0.2, 0.25) is 0 Å². The Bertz CT molecular complexity index is 157. The van der Waals surface area contributed by atoms with E-state index in [1.165, 1.54) is 25.8 Å². The van der Waals surface area contributed by atoms with Gasteiger partial charge in [-0.2, -0.15) is 0 Å². The molecular formula is C9H18N2O. The minimum absolute atomic E-state index is 0.469. The molecule has 0 aromatic heterocycles. The van der Waals surface area contributed by atoms with Gasteiger partial charge in [0.05, 0.1) is 6.10 Å². The average Bonchev–Trinajstić information content (AvgIpc) is 2.46. The van der Waals surface area contributed by atoms with Crippen molar-refractivity contribution in [1.29, 1.82) is 0 Å². The maximum absolute atomic E-state index is 5.75. The fourth-order valence-electron chi connectivity index (χ4n) is 2.21. The van der Waals surface area contributed by atoms with Crippen LogP contribution < -0.4 is 5.73 Å². The number of hydrogen-bond donors (Lipinski definition) is 1. The summed E-state index contributed by atoms with van der Waals surface area (Å²) in [5.41, 5.74) is 5.75. The van der Waals surface area contributed by atoms with Crippen molar-refractivity contribution in [3.63, 3.8) is 0 Å². The van der Waals surface area contributed by atoms with Gasteiger partial charge >= 0.3 is 0 Å². The largest absolute Gasteiger partial charge is 0.380 e. The van der Waals surface area contributed by atoms with Gasteiger partial charge in [0.1, 0.15) is 0 Å². The Morgan fingerprint density at radius 3 is 2.67 bits per heavy atom. The number of nitrogens with two attached hydrogens (primary N) is 1. The van der Waals surface area contributed by atoms with E-state index in [1.807, 2.05) is 0 Å². The van der Waals surface area contributed by atoms with Crippen LogP contribution in [0.15, 0.2) is 0 Å². The van der Waals surface area contributed by atoms with Crippen LogP contribution in [0.3, 0.4) is 0 Å². The fourth-order valence-corrected chi connectivity index (χ4v) is 2.21. The summed E-state index contributed by atoms with van der Waals surface area (Å²) in [6.45, 7) is 2.32. The highest BCUT2D eigenvalue weighted by Crippen LogP contribution is 2.27. The van der Waals surface area contributed by atoms with Crippen molar-refractivity contribution < 1.29 is 4.74 Å². The molecule has 0 bridgehead atoms. The molecule has 1 heterocycles. The van der Waals surface area contributed by atoms with Gasteiger partial charge in [-0.1, -0.05) is 0 Å². The summed E-state index contributed by atoms with van der Waals surface area (Å²) in [5.74, 6) is 0. The highest BCUT2D eigenvalue weighted by Gasteiger charge is 2.35. The second kappa shape index (κ2) is 3.32. The first-order valence-corrected chi connectivity index (χ1v) is 4.82. The average molecular weight is 170 g/mol. The SMILES string of the molecule is CO[C@H]1CCN(C2CC(N)C2)C1. The van der Waals surface area contributed by atoms with E-state index >= 15 is 0 Å². The number of likely N-dealkylation sites (tertiary alicyclic amines) is 1. The summed E-state index contributed by atoms with van der Waals surface area (Å²) in [7, 11) is 1.81. The normalized spacial score (nSPS) is 43.0. The third kappa shape index (κ3) is 1.49. The van der Waals surface area contributed by atoms with Crippen LogP contribution in [-0.2, 0) is 4.74 Å². The smallest absolute Gasteiger partial charge is 0.0710 e. The molecular weight excluding hydrogens is 152 g/mol. The first-order valence-electron chi connectivity index (χ1n) is 4.82. The minimum atomic E-state index is 0.469. The van der Waals surface area contributed by atoms with Gasteiger partial charge < -0.3 is 10.5 Å². The molecule has 0 spiro atoms. The van der Waals surface area contributed by atoms with Crippen LogP contribution >= 0.6 is 0 Å². The molecule has 3 heteroatoms. The molecule has 0 aromatic carbocycles. The summed E-state index contributed by atoms with van der Waals surface area (Å²) in [4.78, 5) is 2.53. The molecule has 2 N–H and O–H groups in total. The molecule has 70 valence electrons. The number of rotatable bonds is 2. The monoisotopic (exact) mass is 170 g/mol. The predicted molar refractivity (Wildman–Crippen MR) is 48.0 cm³/mol. The Labute approximate surface area is 73.9 Å². The van der Waals surface area contributed by atoms with E-state index in [0.29, 0.717) is 12.1 Å². The summed E-state index contributed by atoms with van der Waals surface area (Å²) in [6.07, 6.45) is 4.05.